The minimum Gasteiger partial charge on any atom is -0.341 e. The Morgan fingerprint density at radius 3 is 1.36 bits per heavy atom. The lowest BCUT2D eigenvalue weighted by atomic mass is 9.94. The quantitative estimate of drug-likeness (QED) is 0.642. The fourth-order valence-corrected chi connectivity index (χ4v) is 4.99. The molecule has 0 aromatic rings. The second-order valence-corrected chi connectivity index (χ2v) is 7.66. The highest BCUT2D eigenvalue weighted by molar-refractivity contribution is 5.15. The number of rotatable bonds is 0. The SMILES string of the molecule is C1=C[C@H]2OC3(CCCCC3)O[C@@H]2[C@H]2OC3(CCCCC3)O[C@@H]12. The van der Waals surface area contributed by atoms with Gasteiger partial charge in [0.15, 0.2) is 11.6 Å². The first-order valence-corrected chi connectivity index (χ1v) is 9.17. The van der Waals surface area contributed by atoms with Crippen molar-refractivity contribution in [2.75, 3.05) is 0 Å². The van der Waals surface area contributed by atoms with Crippen molar-refractivity contribution < 1.29 is 18.9 Å². The van der Waals surface area contributed by atoms with Gasteiger partial charge in [0.25, 0.3) is 0 Å². The van der Waals surface area contributed by atoms with E-state index < -0.39 is 0 Å². The zero-order chi connectivity index (χ0) is 14.6. The molecule has 0 aromatic carbocycles. The smallest absolute Gasteiger partial charge is 0.169 e. The Balaban J connectivity index is 1.37. The number of ether oxygens (including phenoxy) is 4. The van der Waals surface area contributed by atoms with E-state index >= 15 is 0 Å². The standard InChI is InChI=1S/C18H26O4/c1-3-9-17(10-4-1)19-13-7-8-14-16(15(13)21-17)22-18(20-14)11-5-2-6-12-18/h7-8,13-16H,1-6,9-12H2/t13-,14+,15-,16-/m0/s1. The molecular formula is C18H26O4. The van der Waals surface area contributed by atoms with Crippen LogP contribution in [0, 0.1) is 0 Å². The molecule has 4 heteroatoms. The highest BCUT2D eigenvalue weighted by Gasteiger charge is 2.58. The van der Waals surface area contributed by atoms with Gasteiger partial charge in [0, 0.05) is 25.7 Å². The van der Waals surface area contributed by atoms with Crippen LogP contribution in [0.1, 0.15) is 64.2 Å². The Morgan fingerprint density at radius 1 is 0.545 bits per heavy atom. The molecule has 0 aromatic heterocycles. The average Bonchev–Trinajstić information content (AvgIpc) is 3.07. The van der Waals surface area contributed by atoms with Crippen molar-refractivity contribution in [3.63, 3.8) is 0 Å². The molecule has 2 heterocycles. The molecule has 5 aliphatic rings. The van der Waals surface area contributed by atoms with E-state index in [0.29, 0.717) is 0 Å². The predicted octanol–water partition coefficient (Wildman–Crippen LogP) is 3.45. The first kappa shape index (κ1) is 14.0. The lowest BCUT2D eigenvalue weighted by Gasteiger charge is -2.33. The Labute approximate surface area is 132 Å². The molecule has 0 amide bonds. The summed E-state index contributed by atoms with van der Waals surface area (Å²) in [6.07, 6.45) is 15.9. The van der Waals surface area contributed by atoms with Gasteiger partial charge in [-0.15, -0.1) is 0 Å². The second-order valence-electron chi connectivity index (χ2n) is 7.66. The zero-order valence-electron chi connectivity index (χ0n) is 13.2. The summed E-state index contributed by atoms with van der Waals surface area (Å²) in [5.41, 5.74) is 0. The van der Waals surface area contributed by atoms with Gasteiger partial charge in [-0.25, -0.2) is 0 Å². The van der Waals surface area contributed by atoms with Crippen molar-refractivity contribution in [1.29, 1.82) is 0 Å². The van der Waals surface area contributed by atoms with Crippen LogP contribution >= 0.6 is 0 Å². The van der Waals surface area contributed by atoms with Gasteiger partial charge < -0.3 is 18.9 Å². The Hall–Kier alpha value is -0.420. The van der Waals surface area contributed by atoms with Crippen molar-refractivity contribution in [2.24, 2.45) is 0 Å². The molecule has 2 saturated carbocycles. The van der Waals surface area contributed by atoms with E-state index in [4.69, 9.17) is 18.9 Å². The summed E-state index contributed by atoms with van der Waals surface area (Å²) in [6, 6.07) is 0. The van der Waals surface area contributed by atoms with Crippen molar-refractivity contribution in [3.05, 3.63) is 12.2 Å². The molecule has 0 N–H and O–H groups in total. The molecule has 0 bridgehead atoms. The minimum atomic E-state index is -0.349. The van der Waals surface area contributed by atoms with Crippen LogP contribution in [0.15, 0.2) is 12.2 Å². The maximum absolute atomic E-state index is 6.46. The van der Waals surface area contributed by atoms with Crippen LogP contribution in [-0.4, -0.2) is 36.0 Å². The van der Waals surface area contributed by atoms with Gasteiger partial charge in [0.1, 0.15) is 24.4 Å². The summed E-state index contributed by atoms with van der Waals surface area (Å²) < 4.78 is 25.6. The van der Waals surface area contributed by atoms with Crippen LogP contribution in [0.4, 0.5) is 0 Å². The van der Waals surface area contributed by atoms with Gasteiger partial charge >= 0.3 is 0 Å². The maximum Gasteiger partial charge on any atom is 0.169 e. The fourth-order valence-electron chi connectivity index (χ4n) is 4.99. The molecule has 22 heavy (non-hydrogen) atoms. The highest BCUT2D eigenvalue weighted by Crippen LogP contribution is 2.49. The van der Waals surface area contributed by atoms with Gasteiger partial charge in [0.2, 0.25) is 0 Å². The summed E-state index contributed by atoms with van der Waals surface area (Å²) in [4.78, 5) is 0. The van der Waals surface area contributed by atoms with Crippen LogP contribution in [0.25, 0.3) is 0 Å². The molecule has 4 atom stereocenters. The maximum atomic E-state index is 6.46. The topological polar surface area (TPSA) is 36.9 Å². The molecule has 2 spiro atoms. The Morgan fingerprint density at radius 2 is 0.955 bits per heavy atom. The van der Waals surface area contributed by atoms with E-state index in [1.54, 1.807) is 0 Å². The van der Waals surface area contributed by atoms with E-state index in [0.717, 1.165) is 25.7 Å². The summed E-state index contributed by atoms with van der Waals surface area (Å²) in [5.74, 6) is -0.697. The number of hydrogen-bond donors (Lipinski definition) is 0. The van der Waals surface area contributed by atoms with Crippen LogP contribution in [-0.2, 0) is 18.9 Å². The lowest BCUT2D eigenvalue weighted by Crippen LogP contribution is -2.44. The van der Waals surface area contributed by atoms with Gasteiger partial charge in [0.05, 0.1) is 0 Å². The molecule has 0 unspecified atom stereocenters. The molecule has 4 fully saturated rings. The molecule has 4 nitrogen and oxygen atoms in total. The zero-order valence-corrected chi connectivity index (χ0v) is 13.2. The fraction of sp³-hybridized carbons (Fsp3) is 0.889. The van der Waals surface area contributed by atoms with Crippen LogP contribution in [0.3, 0.4) is 0 Å². The summed E-state index contributed by atoms with van der Waals surface area (Å²) >= 11 is 0. The van der Waals surface area contributed by atoms with Crippen molar-refractivity contribution >= 4 is 0 Å². The van der Waals surface area contributed by atoms with Crippen LogP contribution < -0.4 is 0 Å². The first-order chi connectivity index (χ1) is 10.8. The van der Waals surface area contributed by atoms with Gasteiger partial charge in [-0.3, -0.25) is 0 Å². The molecule has 3 aliphatic carbocycles. The second kappa shape index (κ2) is 5.04. The van der Waals surface area contributed by atoms with Crippen LogP contribution in [0.2, 0.25) is 0 Å². The Kier molecular flexibility index (Phi) is 3.20. The van der Waals surface area contributed by atoms with E-state index in [1.807, 2.05) is 0 Å². The van der Waals surface area contributed by atoms with Crippen molar-refractivity contribution in [3.8, 4) is 0 Å². The molecule has 5 rings (SSSR count). The third-order valence-corrected chi connectivity index (χ3v) is 6.10. The van der Waals surface area contributed by atoms with E-state index in [2.05, 4.69) is 12.2 Å². The predicted molar refractivity (Wildman–Crippen MR) is 80.3 cm³/mol. The van der Waals surface area contributed by atoms with Gasteiger partial charge in [-0.1, -0.05) is 25.0 Å². The normalized spacial score (nSPS) is 45.1. The molecule has 2 saturated heterocycles. The average molecular weight is 306 g/mol. The van der Waals surface area contributed by atoms with Crippen LogP contribution in [0.5, 0.6) is 0 Å². The van der Waals surface area contributed by atoms with E-state index in [1.165, 1.54) is 38.5 Å². The third-order valence-electron chi connectivity index (χ3n) is 6.10. The molecular weight excluding hydrogens is 280 g/mol. The molecule has 122 valence electrons. The lowest BCUT2D eigenvalue weighted by molar-refractivity contribution is -0.217. The highest BCUT2D eigenvalue weighted by atomic mass is 16.8. The van der Waals surface area contributed by atoms with Gasteiger partial charge in [-0.2, -0.15) is 0 Å². The number of hydrogen-bond acceptors (Lipinski definition) is 4. The largest absolute Gasteiger partial charge is 0.341 e. The first-order valence-electron chi connectivity index (χ1n) is 9.17. The summed E-state index contributed by atoms with van der Waals surface area (Å²) in [7, 11) is 0. The molecule has 0 radical (unpaired) electrons. The Bertz CT molecular complexity index is 420. The van der Waals surface area contributed by atoms with E-state index in [9.17, 15) is 0 Å². The third kappa shape index (κ3) is 2.11. The van der Waals surface area contributed by atoms with Gasteiger partial charge in [-0.05, 0) is 25.7 Å². The number of fused-ring (bicyclic) bond motifs is 3. The van der Waals surface area contributed by atoms with Crippen molar-refractivity contribution in [1.82, 2.24) is 0 Å². The summed E-state index contributed by atoms with van der Waals surface area (Å²) in [6.45, 7) is 0. The minimum absolute atomic E-state index is 0.00871. The monoisotopic (exact) mass is 306 g/mol. The molecule has 2 aliphatic heterocycles. The summed E-state index contributed by atoms with van der Waals surface area (Å²) in [5, 5.41) is 0. The van der Waals surface area contributed by atoms with E-state index in [-0.39, 0.29) is 36.0 Å². The van der Waals surface area contributed by atoms with Crippen molar-refractivity contribution in [2.45, 2.75) is 100 Å².